The van der Waals surface area contributed by atoms with Crippen molar-refractivity contribution in [3.8, 4) is 5.75 Å². The molecule has 0 aliphatic carbocycles. The number of nitrogens with zero attached hydrogens (tertiary/aromatic N) is 1. The van der Waals surface area contributed by atoms with E-state index in [2.05, 4.69) is 5.32 Å². The summed E-state index contributed by atoms with van der Waals surface area (Å²) in [5.74, 6) is 0.491. The van der Waals surface area contributed by atoms with E-state index in [0.717, 1.165) is 16.5 Å². The summed E-state index contributed by atoms with van der Waals surface area (Å²) in [6.07, 6.45) is 0.857. The van der Waals surface area contributed by atoms with Crippen LogP contribution in [0.2, 0.25) is 0 Å². The molecule has 30 heavy (non-hydrogen) atoms. The third kappa shape index (κ3) is 4.44. The Morgan fingerprint density at radius 1 is 1.13 bits per heavy atom. The molecule has 1 atom stereocenters. The number of thiophene rings is 1. The number of hydrogen-bond donors (Lipinski definition) is 1. The monoisotopic (exact) mass is 446 g/mol. The summed E-state index contributed by atoms with van der Waals surface area (Å²) in [6.45, 7) is 6.06. The van der Waals surface area contributed by atoms with Gasteiger partial charge in [-0.25, -0.2) is 8.42 Å². The van der Waals surface area contributed by atoms with Gasteiger partial charge in [0.05, 0.1) is 22.6 Å². The van der Waals surface area contributed by atoms with Crippen LogP contribution in [0.5, 0.6) is 5.75 Å². The minimum atomic E-state index is -3.72. The molecule has 8 heteroatoms. The van der Waals surface area contributed by atoms with Crippen LogP contribution in [0.15, 0.2) is 53.4 Å². The minimum Gasteiger partial charge on any atom is -0.497 e. The van der Waals surface area contributed by atoms with Gasteiger partial charge in [-0.15, -0.1) is 11.3 Å². The molecular weight excluding hydrogens is 420 g/mol. The lowest BCUT2D eigenvalue weighted by atomic mass is 10.2. The molecule has 0 aliphatic heterocycles. The van der Waals surface area contributed by atoms with Crippen molar-refractivity contribution in [3.63, 3.8) is 0 Å². The maximum absolute atomic E-state index is 13.2. The Morgan fingerprint density at radius 2 is 1.83 bits per heavy atom. The molecule has 0 radical (unpaired) electrons. The third-order valence-corrected chi connectivity index (χ3v) is 7.97. The van der Waals surface area contributed by atoms with Crippen LogP contribution in [0.1, 0.15) is 36.9 Å². The van der Waals surface area contributed by atoms with Crippen LogP contribution >= 0.6 is 11.3 Å². The standard InChI is InChI=1S/C22H26N2O4S2/c1-5-15(3)23-22(25)21-14-16-13-17(7-12-20(16)29-21)24(6-2)30(26,27)19-10-8-18(28-4)9-11-19/h7-15H,5-6H2,1-4H3,(H,23,25). The lowest BCUT2D eigenvalue weighted by Crippen LogP contribution is -2.31. The molecule has 1 amide bonds. The molecule has 1 N–H and O–H groups in total. The predicted octanol–water partition coefficient (Wildman–Crippen LogP) is 4.65. The first kappa shape index (κ1) is 22.1. The number of methoxy groups -OCH3 is 1. The molecule has 0 bridgehead atoms. The summed E-state index contributed by atoms with van der Waals surface area (Å²) in [7, 11) is -2.19. The van der Waals surface area contributed by atoms with Gasteiger partial charge < -0.3 is 10.1 Å². The number of fused-ring (bicyclic) bond motifs is 1. The summed E-state index contributed by atoms with van der Waals surface area (Å²) in [5.41, 5.74) is 0.563. The van der Waals surface area contributed by atoms with Gasteiger partial charge in [-0.2, -0.15) is 0 Å². The van der Waals surface area contributed by atoms with E-state index in [0.29, 0.717) is 16.3 Å². The van der Waals surface area contributed by atoms with Gasteiger partial charge in [-0.1, -0.05) is 6.92 Å². The Kier molecular flexibility index (Phi) is 6.67. The van der Waals surface area contributed by atoms with Crippen LogP contribution in [-0.4, -0.2) is 34.0 Å². The highest BCUT2D eigenvalue weighted by atomic mass is 32.2. The Labute approximate surface area is 181 Å². The third-order valence-electron chi connectivity index (χ3n) is 4.94. The molecule has 0 saturated carbocycles. The van der Waals surface area contributed by atoms with Crippen molar-refractivity contribution in [2.24, 2.45) is 0 Å². The van der Waals surface area contributed by atoms with Crippen molar-refractivity contribution < 1.29 is 17.9 Å². The highest BCUT2D eigenvalue weighted by Crippen LogP contribution is 2.32. The molecule has 1 unspecified atom stereocenters. The molecule has 0 spiro atoms. The second-order valence-corrected chi connectivity index (χ2v) is 9.91. The zero-order valence-electron chi connectivity index (χ0n) is 17.5. The fourth-order valence-electron chi connectivity index (χ4n) is 3.06. The summed E-state index contributed by atoms with van der Waals surface area (Å²) in [5, 5.41) is 3.81. The number of rotatable bonds is 8. The first-order chi connectivity index (χ1) is 14.3. The lowest BCUT2D eigenvalue weighted by Gasteiger charge is -2.23. The van der Waals surface area contributed by atoms with Gasteiger partial charge in [0.2, 0.25) is 0 Å². The second kappa shape index (κ2) is 9.06. The molecule has 6 nitrogen and oxygen atoms in total. The van der Waals surface area contributed by atoms with Crippen LogP contribution in [0, 0.1) is 0 Å². The van der Waals surface area contributed by atoms with E-state index < -0.39 is 10.0 Å². The zero-order chi connectivity index (χ0) is 21.9. The van der Waals surface area contributed by atoms with Crippen molar-refractivity contribution in [3.05, 3.63) is 53.4 Å². The zero-order valence-corrected chi connectivity index (χ0v) is 19.1. The maximum Gasteiger partial charge on any atom is 0.264 e. The molecule has 3 rings (SSSR count). The van der Waals surface area contributed by atoms with Crippen molar-refractivity contribution in [2.45, 2.75) is 38.1 Å². The SMILES string of the molecule is CCC(C)NC(=O)c1cc2cc(N(CC)S(=O)(=O)c3ccc(OC)cc3)ccc2s1. The van der Waals surface area contributed by atoms with Crippen LogP contribution in [0.25, 0.3) is 10.1 Å². The molecule has 1 heterocycles. The molecule has 2 aromatic carbocycles. The van der Waals surface area contributed by atoms with Crippen LogP contribution in [-0.2, 0) is 10.0 Å². The first-order valence-electron chi connectivity index (χ1n) is 9.81. The average Bonchev–Trinajstić information content (AvgIpc) is 3.17. The first-order valence-corrected chi connectivity index (χ1v) is 12.1. The summed E-state index contributed by atoms with van der Waals surface area (Å²) in [4.78, 5) is 13.3. The van der Waals surface area contributed by atoms with E-state index in [1.165, 1.54) is 34.9 Å². The number of sulfonamides is 1. The molecule has 160 valence electrons. The number of anilines is 1. The van der Waals surface area contributed by atoms with E-state index in [9.17, 15) is 13.2 Å². The number of amides is 1. The van der Waals surface area contributed by atoms with Crippen LogP contribution in [0.4, 0.5) is 5.69 Å². The van der Waals surface area contributed by atoms with Crippen molar-refractivity contribution >= 4 is 43.0 Å². The summed E-state index contributed by atoms with van der Waals surface area (Å²) >= 11 is 1.40. The quantitative estimate of drug-likeness (QED) is 0.546. The van der Waals surface area contributed by atoms with E-state index in [1.807, 2.05) is 32.0 Å². The number of carbonyl (C=O) groups excluding carboxylic acids is 1. The topological polar surface area (TPSA) is 75.7 Å². The van der Waals surface area contributed by atoms with E-state index in [4.69, 9.17) is 4.74 Å². The predicted molar refractivity (Wildman–Crippen MR) is 122 cm³/mol. The molecular formula is C22H26N2O4S2. The van der Waals surface area contributed by atoms with Gasteiger partial charge in [0, 0.05) is 17.3 Å². The van der Waals surface area contributed by atoms with Gasteiger partial charge in [-0.3, -0.25) is 9.10 Å². The summed E-state index contributed by atoms with van der Waals surface area (Å²) in [6, 6.07) is 13.7. The van der Waals surface area contributed by atoms with Gasteiger partial charge in [-0.05, 0) is 74.2 Å². The molecule has 0 aliphatic rings. The number of hydrogen-bond acceptors (Lipinski definition) is 5. The number of nitrogens with one attached hydrogen (secondary N) is 1. The van der Waals surface area contributed by atoms with Crippen LogP contribution in [0.3, 0.4) is 0 Å². The molecule has 0 saturated heterocycles. The fraction of sp³-hybridized carbons (Fsp3) is 0.318. The van der Waals surface area contributed by atoms with E-state index in [1.54, 1.807) is 25.1 Å². The fourth-order valence-corrected chi connectivity index (χ4v) is 5.47. The highest BCUT2D eigenvalue weighted by Gasteiger charge is 2.24. The summed E-state index contributed by atoms with van der Waals surface area (Å²) < 4.78 is 33.8. The highest BCUT2D eigenvalue weighted by molar-refractivity contribution is 7.92. The Morgan fingerprint density at radius 3 is 2.43 bits per heavy atom. The number of benzene rings is 2. The second-order valence-electron chi connectivity index (χ2n) is 6.96. The van der Waals surface area contributed by atoms with Crippen molar-refractivity contribution in [1.29, 1.82) is 0 Å². The smallest absolute Gasteiger partial charge is 0.264 e. The average molecular weight is 447 g/mol. The largest absolute Gasteiger partial charge is 0.497 e. The molecule has 3 aromatic rings. The maximum atomic E-state index is 13.2. The molecule has 0 fully saturated rings. The van der Waals surface area contributed by atoms with Gasteiger partial charge in [0.15, 0.2) is 0 Å². The van der Waals surface area contributed by atoms with E-state index >= 15 is 0 Å². The van der Waals surface area contributed by atoms with Gasteiger partial charge in [0.25, 0.3) is 15.9 Å². The van der Waals surface area contributed by atoms with E-state index in [-0.39, 0.29) is 23.4 Å². The number of ether oxygens (including phenoxy) is 1. The normalized spacial score (nSPS) is 12.5. The van der Waals surface area contributed by atoms with Gasteiger partial charge >= 0.3 is 0 Å². The Hall–Kier alpha value is -2.58. The van der Waals surface area contributed by atoms with Crippen LogP contribution < -0.4 is 14.4 Å². The van der Waals surface area contributed by atoms with Crippen molar-refractivity contribution in [1.82, 2.24) is 5.32 Å². The Balaban J connectivity index is 1.94. The van der Waals surface area contributed by atoms with Gasteiger partial charge in [0.1, 0.15) is 5.75 Å². The number of carbonyl (C=O) groups is 1. The molecule has 1 aromatic heterocycles. The van der Waals surface area contributed by atoms with Crippen molar-refractivity contribution in [2.75, 3.05) is 18.0 Å². The Bertz CT molecular complexity index is 1140. The lowest BCUT2D eigenvalue weighted by molar-refractivity contribution is 0.0943. The minimum absolute atomic E-state index is 0.100.